The van der Waals surface area contributed by atoms with Crippen LogP contribution >= 0.6 is 15.6 Å². The summed E-state index contributed by atoms with van der Waals surface area (Å²) in [5.74, 6) is -2.48. The molecule has 0 aliphatic heterocycles. The molecule has 0 aromatic heterocycles. The molecule has 3 N–H and O–H groups in total. The molecule has 17 nitrogen and oxygen atoms in total. The van der Waals surface area contributed by atoms with E-state index in [1.54, 1.807) is 12.2 Å². The van der Waals surface area contributed by atoms with Gasteiger partial charge in [0.25, 0.3) is 0 Å². The molecule has 0 amide bonds. The fraction of sp³-hybridized carbons (Fsp3) is 0.563. The lowest BCUT2D eigenvalue weighted by Gasteiger charge is -2.21. The van der Waals surface area contributed by atoms with E-state index in [2.05, 4.69) is 192 Å². The number of allylic oxidation sites excluding steroid dienone is 33. The van der Waals surface area contributed by atoms with Crippen molar-refractivity contribution in [3.63, 3.8) is 0 Å². The zero-order valence-electron chi connectivity index (χ0n) is 65.0. The van der Waals surface area contributed by atoms with Crippen molar-refractivity contribution in [2.75, 3.05) is 39.6 Å². The largest absolute Gasteiger partial charge is 0.472 e. The SMILES string of the molecule is CC/C=C\C/C=C\C/C=C\C/C=C\C/C=C\C/C=C\CCC(=O)OCC(COP(=O)(O)OCC(O)COP(=O)(O)OCC(COC(=O)CCCCCCCCC/C=C\C/C=C\C/C=C\CC)OC(=O)CCCCCCC/C=C\C/C=C\C/C=C\CC)OC(=O)C/C=C\C/C=C\C/C=C\C/C=C\C/C=C\CC. The Morgan fingerprint density at radius 1 is 0.274 bits per heavy atom. The minimum absolute atomic E-state index is 0.00772. The van der Waals surface area contributed by atoms with Crippen molar-refractivity contribution in [3.8, 4) is 0 Å². The minimum atomic E-state index is -5.03. The molecule has 0 fully saturated rings. The molecule has 596 valence electrons. The standard InChI is InChI=1S/C87H136O17P2/c1-5-9-13-17-21-25-29-33-37-39-40-42-46-48-52-56-60-64-68-72-85(90)98-78-83(104-87(92)74-70-66-62-58-54-50-44-36-32-28-24-20-16-12-8-4)80-102-106(95,96)100-76-81(88)75-99-105(93,94)101-79-82(103-86(91)73-69-65-61-57-53-49-43-35-31-27-23-19-15-11-7-3)77-97-84(89)71-67-63-59-55-51-47-45-41-38-34-30-26-22-18-14-10-6-2/h9-16,21-28,33-38,40,42-44,48,52,54,58,60,64,66,70,81-83,88H,5-8,17-20,29-32,39,41,45-47,49-51,53,55-57,59,61-63,65,67-69,71-80H2,1-4H3,(H,93,94)(H,95,96)/b13-9-,14-10-,15-11-,16-12-,25-21-,26-22-,27-23-,28-24-,37-33-,38-34-,42-40-,43-35-,44-36-,52-48-,58-54-,64-60-,70-66-. The molecule has 0 aromatic rings. The first-order chi connectivity index (χ1) is 51.7. The van der Waals surface area contributed by atoms with Crippen LogP contribution in [0, 0.1) is 0 Å². The molecule has 106 heavy (non-hydrogen) atoms. The number of phosphoric ester groups is 2. The van der Waals surface area contributed by atoms with Crippen LogP contribution in [-0.2, 0) is 65.4 Å². The quantitative estimate of drug-likeness (QED) is 0.0169. The predicted octanol–water partition coefficient (Wildman–Crippen LogP) is 23.1. The Kier molecular flexibility index (Phi) is 72.2. The highest BCUT2D eigenvalue weighted by molar-refractivity contribution is 7.47. The monoisotopic (exact) mass is 1510 g/mol. The van der Waals surface area contributed by atoms with Crippen molar-refractivity contribution in [2.24, 2.45) is 0 Å². The van der Waals surface area contributed by atoms with Gasteiger partial charge in [0.1, 0.15) is 19.3 Å². The van der Waals surface area contributed by atoms with Gasteiger partial charge in [-0.1, -0.05) is 286 Å². The summed E-state index contributed by atoms with van der Waals surface area (Å²) >= 11 is 0. The summed E-state index contributed by atoms with van der Waals surface area (Å²) in [6, 6.07) is 0. The highest BCUT2D eigenvalue weighted by atomic mass is 31.2. The van der Waals surface area contributed by atoms with E-state index in [0.29, 0.717) is 32.1 Å². The zero-order valence-corrected chi connectivity index (χ0v) is 66.8. The number of aliphatic hydroxyl groups excluding tert-OH is 1. The zero-order chi connectivity index (χ0) is 77.4. The Labute approximate surface area is 639 Å². The van der Waals surface area contributed by atoms with Crippen LogP contribution in [0.15, 0.2) is 207 Å². The number of aliphatic hydroxyl groups is 1. The summed E-state index contributed by atoms with van der Waals surface area (Å²) in [7, 11) is -10.0. The molecule has 0 aliphatic rings. The van der Waals surface area contributed by atoms with Crippen LogP contribution in [0.3, 0.4) is 0 Å². The molecule has 0 radical (unpaired) electrons. The summed E-state index contributed by atoms with van der Waals surface area (Å²) in [6.45, 7) is 4.15. The molecule has 5 unspecified atom stereocenters. The van der Waals surface area contributed by atoms with E-state index in [-0.39, 0.29) is 25.7 Å². The molecular weight excluding hydrogens is 1380 g/mol. The highest BCUT2D eigenvalue weighted by Crippen LogP contribution is 2.45. The topological polar surface area (TPSA) is 237 Å². The summed E-state index contributed by atoms with van der Waals surface area (Å²) in [6.07, 6.45) is 95.7. The molecule has 0 spiro atoms. The van der Waals surface area contributed by atoms with Crippen molar-refractivity contribution in [2.45, 2.75) is 277 Å². The van der Waals surface area contributed by atoms with Crippen LogP contribution in [0.2, 0.25) is 0 Å². The molecule has 0 bridgehead atoms. The fourth-order valence-corrected chi connectivity index (χ4v) is 11.0. The second-order valence-electron chi connectivity index (χ2n) is 25.1. The van der Waals surface area contributed by atoms with E-state index in [1.807, 2.05) is 30.4 Å². The van der Waals surface area contributed by atoms with Gasteiger partial charge in [0.05, 0.1) is 32.8 Å². The third kappa shape index (κ3) is 75.9. The lowest BCUT2D eigenvalue weighted by molar-refractivity contribution is -0.161. The highest BCUT2D eigenvalue weighted by Gasteiger charge is 2.30. The molecule has 0 rings (SSSR count). The maximum Gasteiger partial charge on any atom is 0.472 e. The van der Waals surface area contributed by atoms with Crippen LogP contribution in [-0.4, -0.2) is 96.7 Å². The smallest absolute Gasteiger partial charge is 0.462 e. The predicted molar refractivity (Wildman–Crippen MR) is 435 cm³/mol. The summed E-state index contributed by atoms with van der Waals surface area (Å²) < 4.78 is 68.3. The Morgan fingerprint density at radius 2 is 0.519 bits per heavy atom. The van der Waals surface area contributed by atoms with Crippen molar-refractivity contribution >= 4 is 39.5 Å². The Morgan fingerprint density at radius 3 is 0.849 bits per heavy atom. The molecular formula is C87H136O17P2. The van der Waals surface area contributed by atoms with Gasteiger partial charge < -0.3 is 33.8 Å². The molecule has 0 heterocycles. The van der Waals surface area contributed by atoms with Crippen molar-refractivity contribution in [1.29, 1.82) is 0 Å². The number of unbranched alkanes of at least 4 members (excludes halogenated alkanes) is 12. The average Bonchev–Trinajstić information content (AvgIpc) is 0.909. The second kappa shape index (κ2) is 76.8. The first kappa shape index (κ1) is 99.6. The summed E-state index contributed by atoms with van der Waals surface area (Å²) in [4.78, 5) is 72.9. The lowest BCUT2D eigenvalue weighted by atomic mass is 10.1. The van der Waals surface area contributed by atoms with E-state index in [1.165, 1.54) is 0 Å². The van der Waals surface area contributed by atoms with Gasteiger partial charge in [-0.15, -0.1) is 0 Å². The maximum absolute atomic E-state index is 13.1. The lowest BCUT2D eigenvalue weighted by Crippen LogP contribution is -2.30. The molecule has 5 atom stereocenters. The molecule has 19 heteroatoms. The molecule has 0 saturated heterocycles. The second-order valence-corrected chi connectivity index (χ2v) is 28.0. The Bertz CT molecular complexity index is 2830. The fourth-order valence-electron chi connectivity index (χ4n) is 9.47. The first-order valence-electron chi connectivity index (χ1n) is 39.3. The van der Waals surface area contributed by atoms with Gasteiger partial charge in [-0.25, -0.2) is 9.13 Å². The van der Waals surface area contributed by atoms with Crippen LogP contribution in [0.25, 0.3) is 0 Å². The van der Waals surface area contributed by atoms with Gasteiger partial charge in [-0.3, -0.25) is 37.3 Å². The van der Waals surface area contributed by atoms with Crippen molar-refractivity contribution < 1.29 is 80.2 Å². The number of rotatable bonds is 71. The third-order valence-electron chi connectivity index (χ3n) is 15.3. The van der Waals surface area contributed by atoms with Crippen LogP contribution < -0.4 is 0 Å². The van der Waals surface area contributed by atoms with Gasteiger partial charge in [0.2, 0.25) is 0 Å². The van der Waals surface area contributed by atoms with E-state index in [0.717, 1.165) is 173 Å². The minimum Gasteiger partial charge on any atom is -0.462 e. The van der Waals surface area contributed by atoms with Crippen LogP contribution in [0.5, 0.6) is 0 Å². The van der Waals surface area contributed by atoms with E-state index >= 15 is 0 Å². The van der Waals surface area contributed by atoms with Gasteiger partial charge in [-0.05, 0) is 154 Å². The third-order valence-corrected chi connectivity index (χ3v) is 17.2. The van der Waals surface area contributed by atoms with Crippen LogP contribution in [0.4, 0.5) is 0 Å². The van der Waals surface area contributed by atoms with E-state index in [4.69, 9.17) is 37.0 Å². The number of carbonyl (C=O) groups excluding carboxylic acids is 4. The molecule has 0 aromatic carbocycles. The van der Waals surface area contributed by atoms with Crippen molar-refractivity contribution in [1.82, 2.24) is 0 Å². The Balaban J connectivity index is 5.53. The van der Waals surface area contributed by atoms with Gasteiger partial charge in [0.15, 0.2) is 12.2 Å². The number of esters is 4. The summed E-state index contributed by atoms with van der Waals surface area (Å²) in [5, 5.41) is 10.6. The number of carbonyl (C=O) groups is 4. The van der Waals surface area contributed by atoms with E-state index < -0.39 is 97.5 Å². The normalized spacial score (nSPS) is 15.0. The molecule has 0 saturated carbocycles. The molecule has 0 aliphatic carbocycles. The maximum atomic E-state index is 13.1. The Hall–Kier alpha value is -6.36. The first-order valence-corrected chi connectivity index (χ1v) is 42.3. The van der Waals surface area contributed by atoms with Crippen LogP contribution in [0.1, 0.15) is 259 Å². The van der Waals surface area contributed by atoms with Gasteiger partial charge in [-0.2, -0.15) is 0 Å². The number of phosphoric acid groups is 2. The number of ether oxygens (including phenoxy) is 4. The van der Waals surface area contributed by atoms with Gasteiger partial charge >= 0.3 is 39.5 Å². The van der Waals surface area contributed by atoms with E-state index in [9.17, 15) is 43.2 Å². The summed E-state index contributed by atoms with van der Waals surface area (Å²) in [5.41, 5.74) is 0. The number of hydrogen-bond donors (Lipinski definition) is 3. The average molecular weight is 1520 g/mol. The van der Waals surface area contributed by atoms with Gasteiger partial charge in [0, 0.05) is 19.3 Å². The number of hydrogen-bond acceptors (Lipinski definition) is 15. The van der Waals surface area contributed by atoms with Crippen molar-refractivity contribution in [3.05, 3.63) is 207 Å².